The Hall–Kier alpha value is -1.84. The van der Waals surface area contributed by atoms with Gasteiger partial charge in [0.1, 0.15) is 12.4 Å². The minimum absolute atomic E-state index is 0.457. The van der Waals surface area contributed by atoms with Gasteiger partial charge in [-0.2, -0.15) is 0 Å². The van der Waals surface area contributed by atoms with Crippen molar-refractivity contribution in [3.05, 3.63) is 65.7 Å². The Labute approximate surface area is 119 Å². The molecule has 1 atom stereocenters. The van der Waals surface area contributed by atoms with Gasteiger partial charge in [0.05, 0.1) is 6.10 Å². The molecule has 0 spiro atoms. The van der Waals surface area contributed by atoms with E-state index in [0.29, 0.717) is 13.2 Å². The van der Waals surface area contributed by atoms with Crippen molar-refractivity contribution in [3.8, 4) is 5.75 Å². The van der Waals surface area contributed by atoms with Gasteiger partial charge >= 0.3 is 0 Å². The number of benzene rings is 2. The summed E-state index contributed by atoms with van der Waals surface area (Å²) < 4.78 is 5.74. The molecule has 3 rings (SSSR count). The normalized spacial score (nSPS) is 16.9. The molecule has 0 fully saturated rings. The van der Waals surface area contributed by atoms with Gasteiger partial charge in [-0.15, -0.1) is 0 Å². The van der Waals surface area contributed by atoms with Crippen molar-refractivity contribution in [2.24, 2.45) is 0 Å². The molecule has 1 aliphatic rings. The fraction of sp³-hybridized carbons (Fsp3) is 0.294. The highest BCUT2D eigenvalue weighted by atomic mass is 16.5. The molecule has 0 saturated carbocycles. The van der Waals surface area contributed by atoms with E-state index in [2.05, 4.69) is 11.0 Å². The number of rotatable bonds is 3. The van der Waals surface area contributed by atoms with Gasteiger partial charge in [-0.1, -0.05) is 48.5 Å². The third-order valence-corrected chi connectivity index (χ3v) is 3.65. The van der Waals surface area contributed by atoms with Gasteiger partial charge in [0.25, 0.3) is 0 Å². The van der Waals surface area contributed by atoms with E-state index in [1.807, 2.05) is 48.5 Å². The van der Waals surface area contributed by atoms with Crippen molar-refractivity contribution in [1.82, 2.24) is 4.90 Å². The molecule has 0 aromatic heterocycles. The molecule has 1 aliphatic heterocycles. The monoisotopic (exact) mass is 269 g/mol. The summed E-state index contributed by atoms with van der Waals surface area (Å²) in [5, 5.41) is 10.3. The Kier molecular flexibility index (Phi) is 4.00. The minimum atomic E-state index is -0.457. The maximum absolute atomic E-state index is 10.3. The van der Waals surface area contributed by atoms with Gasteiger partial charge in [-0.3, -0.25) is 4.90 Å². The van der Waals surface area contributed by atoms with Crippen LogP contribution in [0.4, 0.5) is 0 Å². The van der Waals surface area contributed by atoms with Crippen LogP contribution in [-0.2, 0) is 6.54 Å². The summed E-state index contributed by atoms with van der Waals surface area (Å²) in [6, 6.07) is 17.9. The summed E-state index contributed by atoms with van der Waals surface area (Å²) in [6.45, 7) is 2.94. The van der Waals surface area contributed by atoms with Crippen LogP contribution in [0.3, 0.4) is 0 Å². The van der Waals surface area contributed by atoms with Crippen molar-refractivity contribution in [2.75, 3.05) is 19.7 Å². The Morgan fingerprint density at radius 3 is 2.65 bits per heavy atom. The number of aliphatic hydroxyl groups excluding tert-OH is 1. The molecule has 0 amide bonds. The van der Waals surface area contributed by atoms with Gasteiger partial charge in [0.15, 0.2) is 0 Å². The molecule has 3 heteroatoms. The van der Waals surface area contributed by atoms with E-state index in [1.165, 1.54) is 5.56 Å². The van der Waals surface area contributed by atoms with Crippen LogP contribution in [0.25, 0.3) is 0 Å². The quantitative estimate of drug-likeness (QED) is 0.929. The predicted molar refractivity (Wildman–Crippen MR) is 78.6 cm³/mol. The summed E-state index contributed by atoms with van der Waals surface area (Å²) in [5.74, 6) is 0.962. The summed E-state index contributed by atoms with van der Waals surface area (Å²) in [7, 11) is 0. The number of ether oxygens (including phenoxy) is 1. The van der Waals surface area contributed by atoms with Crippen LogP contribution in [0, 0.1) is 0 Å². The third kappa shape index (κ3) is 3.00. The fourth-order valence-electron chi connectivity index (χ4n) is 2.56. The van der Waals surface area contributed by atoms with Gasteiger partial charge in [0.2, 0.25) is 0 Å². The fourth-order valence-corrected chi connectivity index (χ4v) is 2.56. The first-order valence-corrected chi connectivity index (χ1v) is 6.99. The van der Waals surface area contributed by atoms with Gasteiger partial charge in [-0.05, 0) is 11.6 Å². The second-order valence-electron chi connectivity index (χ2n) is 5.12. The molecule has 0 saturated heterocycles. The first-order chi connectivity index (χ1) is 9.83. The largest absolute Gasteiger partial charge is 0.492 e. The van der Waals surface area contributed by atoms with Crippen molar-refractivity contribution in [1.29, 1.82) is 0 Å². The molecule has 3 nitrogen and oxygen atoms in total. The van der Waals surface area contributed by atoms with Crippen LogP contribution in [0.5, 0.6) is 5.75 Å². The number of hydrogen-bond acceptors (Lipinski definition) is 3. The number of fused-ring (bicyclic) bond motifs is 1. The van der Waals surface area contributed by atoms with E-state index in [-0.39, 0.29) is 0 Å². The van der Waals surface area contributed by atoms with Gasteiger partial charge < -0.3 is 9.84 Å². The van der Waals surface area contributed by atoms with E-state index >= 15 is 0 Å². The second-order valence-corrected chi connectivity index (χ2v) is 5.12. The van der Waals surface area contributed by atoms with Crippen molar-refractivity contribution >= 4 is 0 Å². The van der Waals surface area contributed by atoms with Gasteiger partial charge in [0, 0.05) is 25.2 Å². The summed E-state index contributed by atoms with van der Waals surface area (Å²) >= 11 is 0. The highest BCUT2D eigenvalue weighted by molar-refractivity contribution is 5.33. The molecule has 1 N–H and O–H groups in total. The zero-order valence-corrected chi connectivity index (χ0v) is 11.4. The standard InChI is InChI=1S/C17H19NO2/c19-16(14-6-2-1-3-7-14)13-18-10-11-20-17-9-5-4-8-15(17)12-18/h1-9,16,19H,10-13H2. The van der Waals surface area contributed by atoms with E-state index in [9.17, 15) is 5.11 Å². The number of nitrogens with zero attached hydrogens (tertiary/aromatic N) is 1. The van der Waals surface area contributed by atoms with Crippen molar-refractivity contribution in [3.63, 3.8) is 0 Å². The zero-order chi connectivity index (χ0) is 13.8. The Morgan fingerprint density at radius 1 is 1.05 bits per heavy atom. The minimum Gasteiger partial charge on any atom is -0.492 e. The second kappa shape index (κ2) is 6.07. The molecule has 1 unspecified atom stereocenters. The SMILES string of the molecule is OC(CN1CCOc2ccccc2C1)c1ccccc1. The molecule has 0 aliphatic carbocycles. The average Bonchev–Trinajstić information content (AvgIpc) is 2.69. The maximum atomic E-state index is 10.3. The molecule has 2 aromatic rings. The third-order valence-electron chi connectivity index (χ3n) is 3.65. The Morgan fingerprint density at radius 2 is 1.80 bits per heavy atom. The van der Waals surface area contributed by atoms with E-state index < -0.39 is 6.10 Å². The Balaban J connectivity index is 1.69. The van der Waals surface area contributed by atoms with E-state index in [4.69, 9.17) is 4.74 Å². The lowest BCUT2D eigenvalue weighted by atomic mass is 10.1. The molecule has 2 aromatic carbocycles. The molecule has 0 radical (unpaired) electrons. The maximum Gasteiger partial charge on any atom is 0.123 e. The smallest absolute Gasteiger partial charge is 0.123 e. The first-order valence-electron chi connectivity index (χ1n) is 6.99. The summed E-state index contributed by atoms with van der Waals surface area (Å²) in [6.07, 6.45) is -0.457. The van der Waals surface area contributed by atoms with Crippen LogP contribution in [-0.4, -0.2) is 29.7 Å². The number of β-amino-alcohol motifs (C(OH)–C–C–N with tert-alkyl or cyclic N) is 1. The van der Waals surface area contributed by atoms with Crippen LogP contribution >= 0.6 is 0 Å². The summed E-state index contributed by atoms with van der Waals surface area (Å²) in [4.78, 5) is 2.24. The molecular weight excluding hydrogens is 250 g/mol. The predicted octanol–water partition coefficient (Wildman–Crippen LogP) is 2.61. The first kappa shape index (κ1) is 13.2. The number of hydrogen-bond donors (Lipinski definition) is 1. The number of para-hydroxylation sites is 1. The molecular formula is C17H19NO2. The van der Waals surface area contributed by atoms with Gasteiger partial charge in [-0.25, -0.2) is 0 Å². The van der Waals surface area contributed by atoms with Crippen LogP contribution in [0.15, 0.2) is 54.6 Å². The van der Waals surface area contributed by atoms with Crippen molar-refractivity contribution < 1.29 is 9.84 Å². The van der Waals surface area contributed by atoms with E-state index in [0.717, 1.165) is 24.4 Å². The van der Waals surface area contributed by atoms with Crippen LogP contribution in [0.1, 0.15) is 17.2 Å². The molecule has 0 bridgehead atoms. The Bertz CT molecular complexity index is 556. The zero-order valence-electron chi connectivity index (χ0n) is 11.4. The lowest BCUT2D eigenvalue weighted by molar-refractivity contribution is 0.105. The molecule has 1 heterocycles. The van der Waals surface area contributed by atoms with Crippen LogP contribution < -0.4 is 4.74 Å². The lowest BCUT2D eigenvalue weighted by Crippen LogP contribution is -2.30. The van der Waals surface area contributed by atoms with Crippen LogP contribution in [0.2, 0.25) is 0 Å². The molecule has 104 valence electrons. The van der Waals surface area contributed by atoms with E-state index in [1.54, 1.807) is 0 Å². The molecule has 20 heavy (non-hydrogen) atoms. The highest BCUT2D eigenvalue weighted by Crippen LogP contribution is 2.24. The number of aliphatic hydroxyl groups is 1. The highest BCUT2D eigenvalue weighted by Gasteiger charge is 2.18. The lowest BCUT2D eigenvalue weighted by Gasteiger charge is -2.23. The average molecular weight is 269 g/mol. The van der Waals surface area contributed by atoms with Crippen molar-refractivity contribution in [2.45, 2.75) is 12.6 Å². The summed E-state index contributed by atoms with van der Waals surface area (Å²) in [5.41, 5.74) is 2.15. The topological polar surface area (TPSA) is 32.7 Å².